The zero-order valence-electron chi connectivity index (χ0n) is 15.6. The van der Waals surface area contributed by atoms with E-state index in [9.17, 15) is 13.2 Å². The summed E-state index contributed by atoms with van der Waals surface area (Å²) in [6, 6.07) is 16.0. The van der Waals surface area contributed by atoms with Crippen LogP contribution >= 0.6 is 11.6 Å². The van der Waals surface area contributed by atoms with Gasteiger partial charge in [0.1, 0.15) is 11.0 Å². The van der Waals surface area contributed by atoms with Crippen molar-refractivity contribution in [2.75, 3.05) is 13.7 Å². The summed E-state index contributed by atoms with van der Waals surface area (Å²) in [6.45, 7) is -0.135. The van der Waals surface area contributed by atoms with E-state index in [1.54, 1.807) is 54.7 Å². The Morgan fingerprint density at radius 2 is 1.83 bits per heavy atom. The number of nitrogens with zero attached hydrogens (tertiary/aromatic N) is 1. The first kappa shape index (κ1) is 20.8. The summed E-state index contributed by atoms with van der Waals surface area (Å²) in [7, 11) is -2.30. The third-order valence-corrected chi connectivity index (χ3v) is 6.83. The van der Waals surface area contributed by atoms with Gasteiger partial charge in [0, 0.05) is 18.9 Å². The van der Waals surface area contributed by atoms with Gasteiger partial charge in [-0.1, -0.05) is 29.8 Å². The molecule has 3 rings (SSSR count). The second kappa shape index (κ2) is 9.07. The van der Waals surface area contributed by atoms with Crippen LogP contribution in [0.2, 0.25) is 5.02 Å². The van der Waals surface area contributed by atoms with E-state index < -0.39 is 21.0 Å². The standard InChI is InChI=1S/C21H19ClN2O4S/c1-28-16-8-10-17(11-9-16)29(26,27)20(15-5-4-12-23-13-15)14-24-21(25)18-6-2-3-7-19(18)22/h2-13,20H,14H2,1H3,(H,24,25). The minimum atomic E-state index is -3.81. The number of pyridine rings is 1. The van der Waals surface area contributed by atoms with Crippen molar-refractivity contribution in [2.24, 2.45) is 0 Å². The van der Waals surface area contributed by atoms with E-state index >= 15 is 0 Å². The smallest absolute Gasteiger partial charge is 0.252 e. The molecule has 1 aromatic heterocycles. The van der Waals surface area contributed by atoms with Crippen LogP contribution in [-0.4, -0.2) is 33.0 Å². The first-order valence-corrected chi connectivity index (χ1v) is 10.7. The average Bonchev–Trinajstić information content (AvgIpc) is 2.74. The summed E-state index contributed by atoms with van der Waals surface area (Å²) in [5, 5.41) is 1.96. The molecule has 2 aromatic carbocycles. The second-order valence-electron chi connectivity index (χ2n) is 6.19. The van der Waals surface area contributed by atoms with E-state index in [0.717, 1.165) is 0 Å². The summed E-state index contributed by atoms with van der Waals surface area (Å²) >= 11 is 6.06. The SMILES string of the molecule is COc1ccc(S(=O)(=O)C(CNC(=O)c2ccccc2Cl)c2cccnc2)cc1. The Labute approximate surface area is 174 Å². The van der Waals surface area contributed by atoms with E-state index in [1.807, 2.05) is 0 Å². The third kappa shape index (κ3) is 4.75. The zero-order valence-corrected chi connectivity index (χ0v) is 17.2. The highest BCUT2D eigenvalue weighted by molar-refractivity contribution is 7.91. The van der Waals surface area contributed by atoms with Crippen LogP contribution in [-0.2, 0) is 9.84 Å². The normalized spacial score (nSPS) is 12.2. The average molecular weight is 431 g/mol. The molecule has 0 radical (unpaired) electrons. The number of amides is 1. The molecule has 0 aliphatic carbocycles. The number of hydrogen-bond acceptors (Lipinski definition) is 5. The molecule has 0 aliphatic rings. The number of carbonyl (C=O) groups excluding carboxylic acids is 1. The van der Waals surface area contributed by atoms with Crippen LogP contribution < -0.4 is 10.1 Å². The van der Waals surface area contributed by atoms with Gasteiger partial charge in [-0.2, -0.15) is 0 Å². The molecule has 0 saturated carbocycles. The molecule has 1 atom stereocenters. The van der Waals surface area contributed by atoms with Crippen LogP contribution in [0.3, 0.4) is 0 Å². The van der Waals surface area contributed by atoms with Crippen LogP contribution in [0.25, 0.3) is 0 Å². The maximum Gasteiger partial charge on any atom is 0.252 e. The molecular formula is C21H19ClN2O4S. The summed E-state index contributed by atoms with van der Waals surface area (Å²) < 4.78 is 31.7. The van der Waals surface area contributed by atoms with Gasteiger partial charge in [0.05, 0.1) is 22.6 Å². The molecule has 150 valence electrons. The first-order valence-electron chi connectivity index (χ1n) is 8.74. The molecular weight excluding hydrogens is 412 g/mol. The number of aromatic nitrogens is 1. The van der Waals surface area contributed by atoms with Crippen molar-refractivity contribution in [1.82, 2.24) is 10.3 Å². The molecule has 0 bridgehead atoms. The number of sulfone groups is 1. The van der Waals surface area contributed by atoms with Gasteiger partial charge >= 0.3 is 0 Å². The van der Waals surface area contributed by atoms with Crippen LogP contribution in [0.4, 0.5) is 0 Å². The molecule has 29 heavy (non-hydrogen) atoms. The molecule has 6 nitrogen and oxygen atoms in total. The van der Waals surface area contributed by atoms with Crippen molar-refractivity contribution in [2.45, 2.75) is 10.1 Å². The Bertz CT molecular complexity index is 1090. The molecule has 1 N–H and O–H groups in total. The predicted octanol–water partition coefficient (Wildman–Crippen LogP) is 3.69. The molecule has 0 spiro atoms. The van der Waals surface area contributed by atoms with E-state index in [1.165, 1.54) is 25.4 Å². The maximum absolute atomic E-state index is 13.3. The molecule has 0 saturated heterocycles. The number of methoxy groups -OCH3 is 1. The van der Waals surface area contributed by atoms with Crippen molar-refractivity contribution in [3.8, 4) is 5.75 Å². The van der Waals surface area contributed by atoms with Gasteiger partial charge in [-0.25, -0.2) is 8.42 Å². The minimum absolute atomic E-state index is 0.124. The first-order chi connectivity index (χ1) is 13.9. The lowest BCUT2D eigenvalue weighted by Gasteiger charge is -2.19. The fourth-order valence-corrected chi connectivity index (χ4v) is 4.69. The summed E-state index contributed by atoms with van der Waals surface area (Å²) in [6.07, 6.45) is 3.04. The predicted molar refractivity (Wildman–Crippen MR) is 111 cm³/mol. The highest BCUT2D eigenvalue weighted by Gasteiger charge is 2.30. The molecule has 0 fully saturated rings. The lowest BCUT2D eigenvalue weighted by Crippen LogP contribution is -2.32. The monoisotopic (exact) mass is 430 g/mol. The summed E-state index contributed by atoms with van der Waals surface area (Å²) in [5.74, 6) is 0.100. The molecule has 3 aromatic rings. The quantitative estimate of drug-likeness (QED) is 0.617. The van der Waals surface area contributed by atoms with E-state index in [-0.39, 0.29) is 17.0 Å². The largest absolute Gasteiger partial charge is 0.497 e. The summed E-state index contributed by atoms with van der Waals surface area (Å²) in [4.78, 5) is 16.7. The fourth-order valence-electron chi connectivity index (χ4n) is 2.83. The van der Waals surface area contributed by atoms with Gasteiger partial charge in [-0.15, -0.1) is 0 Å². The van der Waals surface area contributed by atoms with Gasteiger partial charge in [-0.3, -0.25) is 9.78 Å². The maximum atomic E-state index is 13.3. The number of halogens is 1. The van der Waals surface area contributed by atoms with Crippen molar-refractivity contribution in [3.05, 3.63) is 89.2 Å². The molecule has 8 heteroatoms. The number of benzene rings is 2. The topological polar surface area (TPSA) is 85.4 Å². The van der Waals surface area contributed by atoms with Gasteiger partial charge in [-0.05, 0) is 48.0 Å². The Kier molecular flexibility index (Phi) is 6.51. The van der Waals surface area contributed by atoms with Gasteiger partial charge in [0.25, 0.3) is 5.91 Å². The third-order valence-electron chi connectivity index (χ3n) is 4.39. The fraction of sp³-hybridized carbons (Fsp3) is 0.143. The second-order valence-corrected chi connectivity index (χ2v) is 8.72. The van der Waals surface area contributed by atoms with Crippen molar-refractivity contribution in [1.29, 1.82) is 0 Å². The van der Waals surface area contributed by atoms with Gasteiger partial charge < -0.3 is 10.1 Å². The highest BCUT2D eigenvalue weighted by atomic mass is 35.5. The van der Waals surface area contributed by atoms with Crippen molar-refractivity contribution in [3.63, 3.8) is 0 Å². The molecule has 0 aliphatic heterocycles. The van der Waals surface area contributed by atoms with Crippen LogP contribution in [0.1, 0.15) is 21.2 Å². The van der Waals surface area contributed by atoms with Crippen molar-refractivity contribution < 1.29 is 17.9 Å². The lowest BCUT2D eigenvalue weighted by molar-refractivity contribution is 0.0954. The van der Waals surface area contributed by atoms with E-state index in [4.69, 9.17) is 16.3 Å². The van der Waals surface area contributed by atoms with Crippen LogP contribution in [0.5, 0.6) is 5.75 Å². The van der Waals surface area contributed by atoms with Crippen molar-refractivity contribution >= 4 is 27.3 Å². The lowest BCUT2D eigenvalue weighted by atomic mass is 10.2. The minimum Gasteiger partial charge on any atom is -0.497 e. The van der Waals surface area contributed by atoms with Gasteiger partial charge in [0.2, 0.25) is 0 Å². The number of nitrogens with one attached hydrogen (secondary N) is 1. The van der Waals surface area contributed by atoms with E-state index in [2.05, 4.69) is 10.3 Å². The number of carbonyl (C=O) groups is 1. The number of hydrogen-bond donors (Lipinski definition) is 1. The number of rotatable bonds is 7. The van der Waals surface area contributed by atoms with Crippen LogP contribution in [0.15, 0.2) is 78.0 Å². The van der Waals surface area contributed by atoms with Crippen LogP contribution in [0, 0.1) is 0 Å². The Morgan fingerprint density at radius 1 is 1.10 bits per heavy atom. The molecule has 1 unspecified atom stereocenters. The molecule has 1 amide bonds. The zero-order chi connectivity index (χ0) is 20.9. The van der Waals surface area contributed by atoms with E-state index in [0.29, 0.717) is 16.3 Å². The summed E-state index contributed by atoms with van der Waals surface area (Å²) in [5.41, 5.74) is 0.753. The Hall–Kier alpha value is -2.90. The van der Waals surface area contributed by atoms with Gasteiger partial charge in [0.15, 0.2) is 9.84 Å². The molecule has 1 heterocycles. The number of ether oxygens (including phenoxy) is 1. The highest BCUT2D eigenvalue weighted by Crippen LogP contribution is 2.29. The Balaban J connectivity index is 1.91. The Morgan fingerprint density at radius 3 is 2.45 bits per heavy atom.